The van der Waals surface area contributed by atoms with Gasteiger partial charge in [0.1, 0.15) is 5.52 Å². The van der Waals surface area contributed by atoms with E-state index in [9.17, 15) is 0 Å². The monoisotopic (exact) mass is 249 g/mol. The van der Waals surface area contributed by atoms with Crippen LogP contribution in [-0.4, -0.2) is 19.3 Å². The predicted octanol–water partition coefficient (Wildman–Crippen LogP) is 2.59. The zero-order valence-electron chi connectivity index (χ0n) is 12.0. The van der Waals surface area contributed by atoms with Gasteiger partial charge in [-0.2, -0.15) is 5.10 Å². The van der Waals surface area contributed by atoms with Crippen LogP contribution in [0.3, 0.4) is 0 Å². The Morgan fingerprint density at radius 1 is 1.17 bits per heavy atom. The molecular formula is C13H23N5. The highest BCUT2D eigenvalue weighted by Gasteiger charge is 2.32. The summed E-state index contributed by atoms with van der Waals surface area (Å²) in [6, 6.07) is 0. The van der Waals surface area contributed by atoms with Gasteiger partial charge >= 0.3 is 0 Å². The molecule has 2 rings (SSSR count). The lowest BCUT2D eigenvalue weighted by Crippen LogP contribution is -2.33. The smallest absolute Gasteiger partial charge is 0.203 e. The highest BCUT2D eigenvalue weighted by atomic mass is 15.4. The average Bonchev–Trinajstić information content (AvgIpc) is 2.83. The third-order valence-electron chi connectivity index (χ3n) is 4.28. The Balaban J connectivity index is 2.80. The van der Waals surface area contributed by atoms with E-state index in [0.717, 1.165) is 36.1 Å². The fourth-order valence-corrected chi connectivity index (χ4v) is 2.98. The topological polar surface area (TPSA) is 61.7 Å². The molecule has 100 valence electrons. The van der Waals surface area contributed by atoms with Crippen molar-refractivity contribution < 1.29 is 0 Å². The molecule has 0 spiro atoms. The van der Waals surface area contributed by atoms with E-state index < -0.39 is 0 Å². The van der Waals surface area contributed by atoms with E-state index in [-0.39, 0.29) is 5.54 Å². The van der Waals surface area contributed by atoms with Crippen molar-refractivity contribution in [3.05, 3.63) is 5.69 Å². The summed E-state index contributed by atoms with van der Waals surface area (Å²) in [7, 11) is 1.96. The van der Waals surface area contributed by atoms with E-state index in [1.165, 1.54) is 0 Å². The number of nitrogens with zero attached hydrogens (tertiary/aromatic N) is 4. The molecule has 5 heteroatoms. The lowest BCUT2D eigenvalue weighted by molar-refractivity contribution is 0.259. The molecule has 18 heavy (non-hydrogen) atoms. The number of hydrogen-bond donors (Lipinski definition) is 1. The molecule has 0 aliphatic heterocycles. The second-order valence-electron chi connectivity index (χ2n) is 4.97. The van der Waals surface area contributed by atoms with E-state index in [4.69, 9.17) is 5.73 Å². The van der Waals surface area contributed by atoms with Crippen molar-refractivity contribution in [2.24, 2.45) is 7.05 Å². The first kappa shape index (κ1) is 12.9. The van der Waals surface area contributed by atoms with Gasteiger partial charge in [0, 0.05) is 12.6 Å². The van der Waals surface area contributed by atoms with Crippen molar-refractivity contribution in [1.82, 2.24) is 19.3 Å². The number of anilines is 1. The first-order valence-electron chi connectivity index (χ1n) is 6.68. The highest BCUT2D eigenvalue weighted by molar-refractivity contribution is 5.78. The molecular weight excluding hydrogens is 226 g/mol. The SMILES string of the molecule is CCC(CC)(CC)n1c(N)nc2c(C)nn(C)c21. The zero-order valence-corrected chi connectivity index (χ0v) is 12.0. The van der Waals surface area contributed by atoms with Crippen LogP contribution in [0, 0.1) is 6.92 Å². The van der Waals surface area contributed by atoms with E-state index in [0.29, 0.717) is 5.95 Å². The molecule has 0 fully saturated rings. The maximum Gasteiger partial charge on any atom is 0.203 e. The first-order chi connectivity index (χ1) is 8.50. The van der Waals surface area contributed by atoms with Crippen LogP contribution in [0.25, 0.3) is 11.2 Å². The maximum atomic E-state index is 6.16. The van der Waals surface area contributed by atoms with E-state index in [1.54, 1.807) is 0 Å². The quantitative estimate of drug-likeness (QED) is 0.906. The molecule has 0 amide bonds. The number of fused-ring (bicyclic) bond motifs is 1. The fraction of sp³-hybridized carbons (Fsp3) is 0.692. The summed E-state index contributed by atoms with van der Waals surface area (Å²) in [6.07, 6.45) is 3.12. The van der Waals surface area contributed by atoms with Crippen molar-refractivity contribution in [2.45, 2.75) is 52.5 Å². The van der Waals surface area contributed by atoms with E-state index >= 15 is 0 Å². The van der Waals surface area contributed by atoms with Crippen molar-refractivity contribution >= 4 is 17.1 Å². The number of imidazole rings is 1. The predicted molar refractivity (Wildman–Crippen MR) is 74.5 cm³/mol. The van der Waals surface area contributed by atoms with Crippen LogP contribution in [0.15, 0.2) is 0 Å². The van der Waals surface area contributed by atoms with Crippen LogP contribution < -0.4 is 5.73 Å². The van der Waals surface area contributed by atoms with E-state index in [1.807, 2.05) is 18.7 Å². The summed E-state index contributed by atoms with van der Waals surface area (Å²) < 4.78 is 4.08. The minimum atomic E-state index is 0.0407. The number of aryl methyl sites for hydroxylation is 2. The number of hydrogen-bond acceptors (Lipinski definition) is 3. The molecule has 0 atom stereocenters. The van der Waals surface area contributed by atoms with Gasteiger partial charge in [0.05, 0.1) is 5.69 Å². The summed E-state index contributed by atoms with van der Waals surface area (Å²) >= 11 is 0. The molecule has 0 bridgehead atoms. The molecule has 0 aliphatic rings. The van der Waals surface area contributed by atoms with Crippen molar-refractivity contribution in [2.75, 3.05) is 5.73 Å². The molecule has 5 nitrogen and oxygen atoms in total. The normalized spacial score (nSPS) is 12.5. The average molecular weight is 249 g/mol. The largest absolute Gasteiger partial charge is 0.369 e. The highest BCUT2D eigenvalue weighted by Crippen LogP contribution is 2.35. The second-order valence-corrected chi connectivity index (χ2v) is 4.97. The molecule has 2 aromatic heterocycles. The molecule has 0 aromatic carbocycles. The van der Waals surface area contributed by atoms with Gasteiger partial charge in [0.25, 0.3) is 0 Å². The van der Waals surface area contributed by atoms with Crippen LogP contribution in [0.2, 0.25) is 0 Å². The fourth-order valence-electron chi connectivity index (χ4n) is 2.98. The Labute approximate surface area is 108 Å². The van der Waals surface area contributed by atoms with Crippen molar-refractivity contribution in [3.63, 3.8) is 0 Å². The van der Waals surface area contributed by atoms with E-state index in [2.05, 4.69) is 35.4 Å². The number of aromatic nitrogens is 4. The third kappa shape index (κ3) is 1.53. The number of nitrogen functional groups attached to an aromatic ring is 1. The third-order valence-corrected chi connectivity index (χ3v) is 4.28. The van der Waals surface area contributed by atoms with Crippen LogP contribution in [0.5, 0.6) is 0 Å². The van der Waals surface area contributed by atoms with Crippen LogP contribution >= 0.6 is 0 Å². The number of rotatable bonds is 4. The van der Waals surface area contributed by atoms with Crippen LogP contribution in [0.4, 0.5) is 5.95 Å². The zero-order chi connectivity index (χ0) is 13.5. The summed E-state index contributed by atoms with van der Waals surface area (Å²) in [5, 5.41) is 4.45. The Morgan fingerprint density at radius 3 is 2.22 bits per heavy atom. The summed E-state index contributed by atoms with van der Waals surface area (Å²) in [5.74, 6) is 0.603. The maximum absolute atomic E-state index is 6.16. The minimum absolute atomic E-state index is 0.0407. The van der Waals surface area contributed by atoms with Gasteiger partial charge in [-0.25, -0.2) is 4.98 Å². The molecule has 0 unspecified atom stereocenters. The van der Waals surface area contributed by atoms with Crippen molar-refractivity contribution in [1.29, 1.82) is 0 Å². The van der Waals surface area contributed by atoms with Crippen LogP contribution in [-0.2, 0) is 12.6 Å². The lowest BCUT2D eigenvalue weighted by atomic mass is 9.89. The molecule has 0 radical (unpaired) electrons. The minimum Gasteiger partial charge on any atom is -0.369 e. The van der Waals surface area contributed by atoms with Gasteiger partial charge in [-0.3, -0.25) is 9.25 Å². The summed E-state index contributed by atoms with van der Waals surface area (Å²) in [4.78, 5) is 4.50. The lowest BCUT2D eigenvalue weighted by Gasteiger charge is -2.33. The van der Waals surface area contributed by atoms with Gasteiger partial charge in [0.15, 0.2) is 5.65 Å². The van der Waals surface area contributed by atoms with Gasteiger partial charge < -0.3 is 5.73 Å². The van der Waals surface area contributed by atoms with Crippen molar-refractivity contribution in [3.8, 4) is 0 Å². The Hall–Kier alpha value is -1.52. The molecule has 2 aromatic rings. The Morgan fingerprint density at radius 2 is 1.72 bits per heavy atom. The first-order valence-corrected chi connectivity index (χ1v) is 6.68. The van der Waals surface area contributed by atoms with Gasteiger partial charge in [-0.1, -0.05) is 20.8 Å². The molecule has 0 saturated carbocycles. The molecule has 2 N–H and O–H groups in total. The molecule has 0 saturated heterocycles. The summed E-state index contributed by atoms with van der Waals surface area (Å²) in [6.45, 7) is 8.61. The second kappa shape index (κ2) is 4.30. The molecule has 0 aliphatic carbocycles. The summed E-state index contributed by atoms with van der Waals surface area (Å²) in [5.41, 5.74) is 9.10. The molecule has 2 heterocycles. The van der Waals surface area contributed by atoms with Crippen LogP contribution in [0.1, 0.15) is 45.7 Å². The van der Waals surface area contributed by atoms with Gasteiger partial charge in [0.2, 0.25) is 5.95 Å². The van der Waals surface area contributed by atoms with Gasteiger partial charge in [-0.15, -0.1) is 0 Å². The Bertz CT molecular complexity index is 551. The standard InChI is InChI=1S/C13H23N5/c1-6-13(7-2,8-3)18-11-10(15-12(18)14)9(4)16-17(11)5/h6-8H2,1-5H3,(H2,14,15). The number of nitrogens with two attached hydrogens (primary N) is 1. The Kier molecular flexibility index (Phi) is 3.09. The van der Waals surface area contributed by atoms with Gasteiger partial charge in [-0.05, 0) is 26.2 Å².